The van der Waals surface area contributed by atoms with Crippen LogP contribution in [-0.2, 0) is 14.8 Å². The van der Waals surface area contributed by atoms with Gasteiger partial charge in [-0.05, 0) is 24.6 Å². The second kappa shape index (κ2) is 8.61. The van der Waals surface area contributed by atoms with Crippen molar-refractivity contribution in [2.75, 3.05) is 36.6 Å². The molecule has 1 amide bonds. The van der Waals surface area contributed by atoms with Gasteiger partial charge in [0.25, 0.3) is 5.91 Å². The number of ether oxygens (including phenoxy) is 3. The summed E-state index contributed by atoms with van der Waals surface area (Å²) >= 11 is 6.11. The van der Waals surface area contributed by atoms with Crippen LogP contribution in [0.5, 0.6) is 17.2 Å². The van der Waals surface area contributed by atoms with Crippen LogP contribution in [0.4, 0.5) is 11.4 Å². The summed E-state index contributed by atoms with van der Waals surface area (Å²) < 4.78 is 42.2. The molecule has 2 aromatic carbocycles. The van der Waals surface area contributed by atoms with Crippen molar-refractivity contribution in [3.05, 3.63) is 40.9 Å². The van der Waals surface area contributed by atoms with E-state index >= 15 is 0 Å². The van der Waals surface area contributed by atoms with Crippen molar-refractivity contribution < 1.29 is 27.4 Å². The molecule has 1 atom stereocenters. The number of hydrogen-bond donors (Lipinski definition) is 1. The number of nitrogens with one attached hydrogen (secondary N) is 1. The van der Waals surface area contributed by atoms with E-state index in [1.807, 2.05) is 6.92 Å². The molecular weight excluding hydrogens is 432 g/mol. The van der Waals surface area contributed by atoms with Crippen LogP contribution in [0.2, 0.25) is 5.02 Å². The van der Waals surface area contributed by atoms with E-state index in [1.54, 1.807) is 24.3 Å². The van der Waals surface area contributed by atoms with Crippen LogP contribution in [0.15, 0.2) is 30.3 Å². The second-order valence-electron chi connectivity index (χ2n) is 6.88. The van der Waals surface area contributed by atoms with Crippen LogP contribution in [0.3, 0.4) is 0 Å². The third-order valence-electron chi connectivity index (χ3n) is 4.67. The van der Waals surface area contributed by atoms with Crippen LogP contribution < -0.4 is 23.8 Å². The van der Waals surface area contributed by atoms with Crippen LogP contribution >= 0.6 is 11.6 Å². The molecule has 1 N–H and O–H groups in total. The molecule has 0 unspecified atom stereocenters. The van der Waals surface area contributed by atoms with Crippen LogP contribution in [0, 0.1) is 6.92 Å². The summed E-state index contributed by atoms with van der Waals surface area (Å²) in [5.74, 6) is 0.610. The number of halogens is 1. The molecule has 8 nitrogen and oxygen atoms in total. The number of anilines is 2. The standard InChI is InChI=1S/C20H23ClN2O6S/c1-12-5-6-16-15(9-12)23(30(4,25)26)8-7-17(29-16)20(24)22-14-11-18(27-2)13(21)10-19(14)28-3/h5-6,9-11,17H,7-8H2,1-4H3,(H,22,24)/t17-/m1/s1. The Morgan fingerprint density at radius 2 is 1.90 bits per heavy atom. The zero-order valence-corrected chi connectivity index (χ0v) is 18.6. The van der Waals surface area contributed by atoms with E-state index in [-0.39, 0.29) is 13.0 Å². The van der Waals surface area contributed by atoms with Gasteiger partial charge in [0.1, 0.15) is 17.2 Å². The Labute approximate surface area is 180 Å². The number of fused-ring (bicyclic) bond motifs is 1. The summed E-state index contributed by atoms with van der Waals surface area (Å²) in [4.78, 5) is 13.0. The Bertz CT molecular complexity index is 1070. The molecule has 0 aliphatic carbocycles. The van der Waals surface area contributed by atoms with Crippen molar-refractivity contribution in [1.29, 1.82) is 0 Å². The van der Waals surface area contributed by atoms with Gasteiger partial charge in [0.05, 0.1) is 36.9 Å². The molecule has 1 aliphatic heterocycles. The van der Waals surface area contributed by atoms with Crippen molar-refractivity contribution in [2.24, 2.45) is 0 Å². The minimum atomic E-state index is -3.54. The van der Waals surface area contributed by atoms with Crippen molar-refractivity contribution in [3.63, 3.8) is 0 Å². The Morgan fingerprint density at radius 3 is 2.53 bits per heavy atom. The van der Waals surface area contributed by atoms with E-state index in [0.29, 0.717) is 33.6 Å². The average molecular weight is 455 g/mol. The van der Waals surface area contributed by atoms with Crippen molar-refractivity contribution in [1.82, 2.24) is 0 Å². The van der Waals surface area contributed by atoms with Gasteiger partial charge in [0.2, 0.25) is 10.0 Å². The lowest BCUT2D eigenvalue weighted by Crippen LogP contribution is -2.36. The second-order valence-corrected chi connectivity index (χ2v) is 9.19. The molecule has 0 bridgehead atoms. The third kappa shape index (κ3) is 4.57. The molecule has 0 saturated carbocycles. The highest BCUT2D eigenvalue weighted by Crippen LogP contribution is 2.37. The SMILES string of the molecule is COc1cc(NC(=O)[C@H]2CCN(S(C)(=O)=O)c3cc(C)ccc3O2)c(OC)cc1Cl. The molecule has 10 heteroatoms. The number of aryl methyl sites for hydroxylation is 1. The highest BCUT2D eigenvalue weighted by Gasteiger charge is 2.31. The monoisotopic (exact) mass is 454 g/mol. The van der Waals surface area contributed by atoms with Gasteiger partial charge < -0.3 is 19.5 Å². The normalized spacial score (nSPS) is 16.2. The lowest BCUT2D eigenvalue weighted by atomic mass is 10.2. The summed E-state index contributed by atoms with van der Waals surface area (Å²) in [5, 5.41) is 3.10. The topological polar surface area (TPSA) is 94.2 Å². The first-order valence-electron chi connectivity index (χ1n) is 9.11. The van der Waals surface area contributed by atoms with Gasteiger partial charge in [0, 0.05) is 25.1 Å². The highest BCUT2D eigenvalue weighted by molar-refractivity contribution is 7.92. The molecule has 162 valence electrons. The quantitative estimate of drug-likeness (QED) is 0.745. The molecule has 1 aliphatic rings. The third-order valence-corrected chi connectivity index (χ3v) is 6.15. The lowest BCUT2D eigenvalue weighted by molar-refractivity contribution is -0.122. The first kappa shape index (κ1) is 22.0. The average Bonchev–Trinajstić information content (AvgIpc) is 2.88. The first-order chi connectivity index (χ1) is 14.1. The smallest absolute Gasteiger partial charge is 0.265 e. The maximum Gasteiger partial charge on any atom is 0.265 e. The Balaban J connectivity index is 1.91. The lowest BCUT2D eigenvalue weighted by Gasteiger charge is -2.21. The number of sulfonamides is 1. The fraction of sp³-hybridized carbons (Fsp3) is 0.350. The largest absolute Gasteiger partial charge is 0.495 e. The van der Waals surface area contributed by atoms with E-state index in [2.05, 4.69) is 5.32 Å². The summed E-state index contributed by atoms with van der Waals surface area (Å²) in [7, 11) is -0.620. The Hall–Kier alpha value is -2.65. The van der Waals surface area contributed by atoms with Crippen molar-refractivity contribution >= 4 is 38.9 Å². The van der Waals surface area contributed by atoms with Crippen molar-refractivity contribution in [2.45, 2.75) is 19.4 Å². The van der Waals surface area contributed by atoms with Gasteiger partial charge >= 0.3 is 0 Å². The predicted molar refractivity (Wildman–Crippen MR) is 116 cm³/mol. The Kier molecular flexibility index (Phi) is 6.33. The van der Waals surface area contributed by atoms with Gasteiger partial charge in [-0.25, -0.2) is 8.42 Å². The number of carbonyl (C=O) groups is 1. The number of methoxy groups -OCH3 is 2. The minimum Gasteiger partial charge on any atom is -0.495 e. The molecule has 30 heavy (non-hydrogen) atoms. The zero-order chi connectivity index (χ0) is 22.1. The molecule has 2 aromatic rings. The van der Waals surface area contributed by atoms with Gasteiger partial charge in [-0.3, -0.25) is 9.10 Å². The summed E-state index contributed by atoms with van der Waals surface area (Å²) in [6, 6.07) is 8.28. The van der Waals surface area contributed by atoms with E-state index in [9.17, 15) is 13.2 Å². The molecule has 0 fully saturated rings. The van der Waals surface area contributed by atoms with E-state index in [0.717, 1.165) is 11.8 Å². The number of hydrogen-bond acceptors (Lipinski definition) is 6. The number of amides is 1. The maximum absolute atomic E-state index is 13.0. The summed E-state index contributed by atoms with van der Waals surface area (Å²) in [6.45, 7) is 1.96. The van der Waals surface area contributed by atoms with Gasteiger partial charge in [0.15, 0.2) is 6.10 Å². The van der Waals surface area contributed by atoms with Crippen LogP contribution in [0.25, 0.3) is 0 Å². The molecule has 3 rings (SSSR count). The molecule has 0 saturated heterocycles. The predicted octanol–water partition coefficient (Wildman–Crippen LogP) is 3.22. The number of rotatable bonds is 5. The van der Waals surface area contributed by atoms with Crippen LogP contribution in [0.1, 0.15) is 12.0 Å². The highest BCUT2D eigenvalue weighted by atomic mass is 35.5. The first-order valence-corrected chi connectivity index (χ1v) is 11.3. The van der Waals surface area contributed by atoms with Crippen molar-refractivity contribution in [3.8, 4) is 17.2 Å². The van der Waals surface area contributed by atoms with E-state index in [1.165, 1.54) is 24.6 Å². The molecule has 0 spiro atoms. The molecule has 0 aromatic heterocycles. The number of benzene rings is 2. The fourth-order valence-electron chi connectivity index (χ4n) is 3.19. The number of carbonyl (C=O) groups excluding carboxylic acids is 1. The fourth-order valence-corrected chi connectivity index (χ4v) is 4.36. The van der Waals surface area contributed by atoms with Gasteiger partial charge in [-0.15, -0.1) is 0 Å². The zero-order valence-electron chi connectivity index (χ0n) is 17.1. The Morgan fingerprint density at radius 1 is 1.20 bits per heavy atom. The van der Waals surface area contributed by atoms with Crippen LogP contribution in [-0.4, -0.2) is 47.4 Å². The maximum atomic E-state index is 13.0. The minimum absolute atomic E-state index is 0.106. The molecule has 0 radical (unpaired) electrons. The molecule has 1 heterocycles. The summed E-state index contributed by atoms with van der Waals surface area (Å²) in [5.41, 5.74) is 1.66. The number of nitrogens with zero attached hydrogens (tertiary/aromatic N) is 1. The van der Waals surface area contributed by atoms with Gasteiger partial charge in [-0.2, -0.15) is 0 Å². The summed E-state index contributed by atoms with van der Waals surface area (Å²) in [6.07, 6.45) is 0.383. The van der Waals surface area contributed by atoms with Gasteiger partial charge in [-0.1, -0.05) is 17.7 Å². The van der Waals surface area contributed by atoms with E-state index < -0.39 is 22.0 Å². The molecular formula is C20H23ClN2O6S. The van der Waals surface area contributed by atoms with E-state index in [4.69, 9.17) is 25.8 Å².